The molecule has 0 saturated heterocycles. The highest BCUT2D eigenvalue weighted by Crippen LogP contribution is 2.24. The number of hydrogen-bond donors (Lipinski definition) is 3. The van der Waals surface area contributed by atoms with E-state index in [0.29, 0.717) is 5.84 Å². The van der Waals surface area contributed by atoms with E-state index in [1.165, 1.54) is 5.39 Å². The van der Waals surface area contributed by atoms with Gasteiger partial charge in [-0.05, 0) is 10.8 Å². The van der Waals surface area contributed by atoms with Crippen LogP contribution in [0.2, 0.25) is 0 Å². The minimum Gasteiger partial charge on any atom is -0.382 e. The van der Waals surface area contributed by atoms with Crippen LogP contribution in [-0.2, 0) is 0 Å². The predicted molar refractivity (Wildman–Crippen MR) is 72.7 cm³/mol. The van der Waals surface area contributed by atoms with E-state index in [4.69, 9.17) is 11.6 Å². The van der Waals surface area contributed by atoms with Crippen LogP contribution in [0, 0.1) is 0 Å². The molecule has 0 atom stereocenters. The zero-order valence-corrected chi connectivity index (χ0v) is 9.67. The van der Waals surface area contributed by atoms with Gasteiger partial charge in [0.1, 0.15) is 5.84 Å². The molecule has 1 aliphatic heterocycles. The third-order valence-electron chi connectivity index (χ3n) is 2.83. The van der Waals surface area contributed by atoms with Gasteiger partial charge in [0.25, 0.3) is 0 Å². The summed E-state index contributed by atoms with van der Waals surface area (Å²) in [5, 5.41) is 7.28. The SMILES string of the molecule is NC1=NN(N)NC(c2cccc3ccccc23)=C1. The van der Waals surface area contributed by atoms with Crippen LogP contribution < -0.4 is 17.0 Å². The molecule has 18 heavy (non-hydrogen) atoms. The normalized spacial score (nSPS) is 15.1. The Balaban J connectivity index is 2.18. The van der Waals surface area contributed by atoms with E-state index in [1.807, 2.05) is 24.3 Å². The molecule has 0 spiro atoms. The standard InChI is InChI=1S/C13H13N5/c14-13-8-12(16-18(15)17-13)11-7-3-5-9-4-1-2-6-10(9)11/h1-8,16H,15H2,(H2,14,17). The fraction of sp³-hybridized carbons (Fsp3) is 0. The molecule has 0 fully saturated rings. The molecule has 2 aromatic rings. The molecule has 0 aromatic heterocycles. The summed E-state index contributed by atoms with van der Waals surface area (Å²) in [7, 11) is 0. The van der Waals surface area contributed by atoms with E-state index in [1.54, 1.807) is 6.08 Å². The van der Waals surface area contributed by atoms with Crippen LogP contribution in [-0.4, -0.2) is 11.1 Å². The smallest absolute Gasteiger partial charge is 0.149 e. The van der Waals surface area contributed by atoms with Crippen LogP contribution >= 0.6 is 0 Å². The minimum absolute atomic E-state index is 0.374. The summed E-state index contributed by atoms with van der Waals surface area (Å²) >= 11 is 0. The second-order valence-electron chi connectivity index (χ2n) is 4.07. The molecule has 5 nitrogen and oxygen atoms in total. The van der Waals surface area contributed by atoms with Crippen molar-refractivity contribution >= 4 is 22.3 Å². The lowest BCUT2D eigenvalue weighted by molar-refractivity contribution is 0.245. The maximum Gasteiger partial charge on any atom is 0.149 e. The number of hydrazone groups is 1. The van der Waals surface area contributed by atoms with Gasteiger partial charge < -0.3 is 5.73 Å². The first-order chi connectivity index (χ1) is 8.74. The van der Waals surface area contributed by atoms with Crippen molar-refractivity contribution in [2.75, 3.05) is 0 Å². The fourth-order valence-corrected chi connectivity index (χ4v) is 2.08. The molecule has 90 valence electrons. The number of amidine groups is 1. The summed E-state index contributed by atoms with van der Waals surface area (Å²) < 4.78 is 0. The molecule has 0 saturated carbocycles. The molecule has 3 rings (SSSR count). The zero-order chi connectivity index (χ0) is 12.5. The van der Waals surface area contributed by atoms with Crippen molar-refractivity contribution < 1.29 is 0 Å². The number of nitrogens with zero attached hydrogens (tertiary/aromatic N) is 2. The first kappa shape index (κ1) is 10.6. The second kappa shape index (κ2) is 4.05. The number of benzene rings is 2. The summed E-state index contributed by atoms with van der Waals surface area (Å²) in [5.74, 6) is 5.99. The van der Waals surface area contributed by atoms with Crippen LogP contribution in [0.5, 0.6) is 0 Å². The summed E-state index contributed by atoms with van der Waals surface area (Å²) in [5.41, 5.74) is 10.5. The van der Waals surface area contributed by atoms with Crippen molar-refractivity contribution in [2.45, 2.75) is 0 Å². The number of rotatable bonds is 1. The fourth-order valence-electron chi connectivity index (χ4n) is 2.08. The Morgan fingerprint density at radius 1 is 1.06 bits per heavy atom. The van der Waals surface area contributed by atoms with Crippen LogP contribution in [0.3, 0.4) is 0 Å². The third kappa shape index (κ3) is 1.76. The molecule has 5 heteroatoms. The topological polar surface area (TPSA) is 79.7 Å². The van der Waals surface area contributed by atoms with Crippen LogP contribution in [0.25, 0.3) is 16.5 Å². The summed E-state index contributed by atoms with van der Waals surface area (Å²) in [4.78, 5) is 0. The zero-order valence-electron chi connectivity index (χ0n) is 9.67. The lowest BCUT2D eigenvalue weighted by Crippen LogP contribution is -2.42. The first-order valence-electron chi connectivity index (χ1n) is 5.59. The van der Waals surface area contributed by atoms with Gasteiger partial charge in [0, 0.05) is 11.6 Å². The Morgan fingerprint density at radius 2 is 1.83 bits per heavy atom. The van der Waals surface area contributed by atoms with E-state index >= 15 is 0 Å². The maximum absolute atomic E-state index is 5.71. The van der Waals surface area contributed by atoms with Gasteiger partial charge >= 0.3 is 0 Å². The summed E-state index contributed by atoms with van der Waals surface area (Å²) in [6.45, 7) is 0. The molecule has 0 amide bonds. The molecule has 0 aliphatic carbocycles. The highest BCUT2D eigenvalue weighted by molar-refractivity contribution is 6.02. The Labute approximate surface area is 104 Å². The van der Waals surface area contributed by atoms with Crippen molar-refractivity contribution in [3.05, 3.63) is 54.1 Å². The number of hydrazine groups is 2. The van der Waals surface area contributed by atoms with E-state index in [0.717, 1.165) is 21.9 Å². The van der Waals surface area contributed by atoms with E-state index in [-0.39, 0.29) is 0 Å². The van der Waals surface area contributed by atoms with Gasteiger partial charge in [0.15, 0.2) is 0 Å². The minimum atomic E-state index is 0.374. The van der Waals surface area contributed by atoms with Gasteiger partial charge in [0.2, 0.25) is 0 Å². The predicted octanol–water partition coefficient (Wildman–Crippen LogP) is 1.15. The highest BCUT2D eigenvalue weighted by atomic mass is 15.8. The molecule has 2 aromatic carbocycles. The van der Waals surface area contributed by atoms with Gasteiger partial charge in [-0.25, -0.2) is 5.84 Å². The lowest BCUT2D eigenvalue weighted by atomic mass is 10.0. The third-order valence-corrected chi connectivity index (χ3v) is 2.83. The first-order valence-corrected chi connectivity index (χ1v) is 5.59. The molecular weight excluding hydrogens is 226 g/mol. The van der Waals surface area contributed by atoms with Crippen molar-refractivity contribution in [1.82, 2.24) is 10.7 Å². The largest absolute Gasteiger partial charge is 0.382 e. The monoisotopic (exact) mass is 239 g/mol. The molecule has 0 bridgehead atoms. The molecule has 1 heterocycles. The molecule has 0 unspecified atom stereocenters. The number of fused-ring (bicyclic) bond motifs is 1. The van der Waals surface area contributed by atoms with Crippen molar-refractivity contribution in [3.63, 3.8) is 0 Å². The quantitative estimate of drug-likeness (QED) is 0.652. The molecule has 0 radical (unpaired) electrons. The van der Waals surface area contributed by atoms with Gasteiger partial charge in [-0.2, -0.15) is 0 Å². The van der Waals surface area contributed by atoms with E-state index < -0.39 is 0 Å². The molecule has 5 N–H and O–H groups in total. The van der Waals surface area contributed by atoms with Gasteiger partial charge in [0.05, 0.1) is 5.70 Å². The van der Waals surface area contributed by atoms with Crippen LogP contribution in [0.1, 0.15) is 5.56 Å². The van der Waals surface area contributed by atoms with Crippen molar-refractivity contribution in [2.24, 2.45) is 16.7 Å². The average molecular weight is 239 g/mol. The maximum atomic E-state index is 5.71. The summed E-state index contributed by atoms with van der Waals surface area (Å²) in [6.07, 6.45) is 1.77. The Morgan fingerprint density at radius 3 is 2.67 bits per heavy atom. The highest BCUT2D eigenvalue weighted by Gasteiger charge is 2.12. The van der Waals surface area contributed by atoms with Gasteiger partial charge in [-0.1, -0.05) is 42.5 Å². The Kier molecular flexibility index (Phi) is 2.39. The Bertz CT molecular complexity index is 654. The number of nitrogens with one attached hydrogen (secondary N) is 1. The lowest BCUT2D eigenvalue weighted by Gasteiger charge is -2.22. The number of hydrogen-bond acceptors (Lipinski definition) is 5. The van der Waals surface area contributed by atoms with Crippen molar-refractivity contribution in [3.8, 4) is 0 Å². The number of nitrogens with two attached hydrogens (primary N) is 2. The van der Waals surface area contributed by atoms with E-state index in [2.05, 4.69) is 28.7 Å². The average Bonchev–Trinajstić information content (AvgIpc) is 2.37. The van der Waals surface area contributed by atoms with Crippen molar-refractivity contribution in [1.29, 1.82) is 0 Å². The molecule has 1 aliphatic rings. The second-order valence-corrected chi connectivity index (χ2v) is 4.07. The van der Waals surface area contributed by atoms with Gasteiger partial charge in [-0.3, -0.25) is 5.43 Å². The summed E-state index contributed by atoms with van der Waals surface area (Å²) in [6, 6.07) is 14.2. The Hall–Kier alpha value is -2.53. The molecular formula is C13H13N5. The van der Waals surface area contributed by atoms with Crippen LogP contribution in [0.4, 0.5) is 0 Å². The van der Waals surface area contributed by atoms with Crippen LogP contribution in [0.15, 0.2) is 53.6 Å². The van der Waals surface area contributed by atoms with Gasteiger partial charge in [-0.15, -0.1) is 10.3 Å². The van der Waals surface area contributed by atoms with E-state index in [9.17, 15) is 0 Å².